The minimum atomic E-state index is 0.363. The van der Waals surface area contributed by atoms with E-state index in [0.29, 0.717) is 5.54 Å². The SMILES string of the molecule is Cc1nn(C)c2ncc(CNCC3(N(C)C)CCC3)cc12. The van der Waals surface area contributed by atoms with Crippen molar-refractivity contribution in [2.45, 2.75) is 38.3 Å². The molecule has 0 bridgehead atoms. The predicted octanol–water partition coefficient (Wildman–Crippen LogP) is 1.85. The Bertz CT molecular complexity index is 639. The molecular weight excluding hydrogens is 262 g/mol. The van der Waals surface area contributed by atoms with E-state index in [1.807, 2.05) is 24.9 Å². The number of nitrogens with one attached hydrogen (secondary N) is 1. The number of fused-ring (bicyclic) bond motifs is 1. The van der Waals surface area contributed by atoms with Gasteiger partial charge in [0, 0.05) is 37.3 Å². The summed E-state index contributed by atoms with van der Waals surface area (Å²) in [5, 5.41) is 9.19. The summed E-state index contributed by atoms with van der Waals surface area (Å²) in [6.07, 6.45) is 5.90. The predicted molar refractivity (Wildman–Crippen MR) is 85.2 cm³/mol. The molecule has 21 heavy (non-hydrogen) atoms. The summed E-state index contributed by atoms with van der Waals surface area (Å²) >= 11 is 0. The van der Waals surface area contributed by atoms with Gasteiger partial charge in [0.2, 0.25) is 0 Å². The van der Waals surface area contributed by atoms with Gasteiger partial charge in [-0.05, 0) is 51.9 Å². The molecule has 1 N–H and O–H groups in total. The van der Waals surface area contributed by atoms with Crippen LogP contribution in [-0.2, 0) is 13.6 Å². The third-order valence-electron chi connectivity index (χ3n) is 4.94. The van der Waals surface area contributed by atoms with Crippen LogP contribution in [0.15, 0.2) is 12.3 Å². The van der Waals surface area contributed by atoms with Crippen LogP contribution in [0.2, 0.25) is 0 Å². The molecule has 0 atom stereocenters. The summed E-state index contributed by atoms with van der Waals surface area (Å²) in [7, 11) is 6.32. The summed E-state index contributed by atoms with van der Waals surface area (Å²) in [6, 6.07) is 2.21. The van der Waals surface area contributed by atoms with E-state index in [-0.39, 0.29) is 0 Å². The number of rotatable bonds is 5. The highest BCUT2D eigenvalue weighted by Gasteiger charge is 2.38. The van der Waals surface area contributed by atoms with Crippen LogP contribution < -0.4 is 5.32 Å². The van der Waals surface area contributed by atoms with Crippen LogP contribution in [-0.4, -0.2) is 45.8 Å². The Balaban J connectivity index is 1.67. The van der Waals surface area contributed by atoms with E-state index in [1.165, 1.54) is 24.8 Å². The number of hydrogen-bond acceptors (Lipinski definition) is 4. The average molecular weight is 287 g/mol. The second kappa shape index (κ2) is 5.39. The van der Waals surface area contributed by atoms with Crippen molar-refractivity contribution >= 4 is 11.0 Å². The second-order valence-electron chi connectivity index (χ2n) is 6.50. The fraction of sp³-hybridized carbons (Fsp3) is 0.625. The van der Waals surface area contributed by atoms with Crippen molar-refractivity contribution < 1.29 is 0 Å². The van der Waals surface area contributed by atoms with Gasteiger partial charge >= 0.3 is 0 Å². The zero-order valence-electron chi connectivity index (χ0n) is 13.5. The van der Waals surface area contributed by atoms with Crippen LogP contribution in [0.25, 0.3) is 11.0 Å². The second-order valence-corrected chi connectivity index (χ2v) is 6.50. The summed E-state index contributed by atoms with van der Waals surface area (Å²) < 4.78 is 1.84. The molecule has 2 aromatic rings. The van der Waals surface area contributed by atoms with E-state index in [9.17, 15) is 0 Å². The van der Waals surface area contributed by atoms with Crippen LogP contribution in [0.3, 0.4) is 0 Å². The number of aromatic nitrogens is 3. The lowest BCUT2D eigenvalue weighted by atomic mass is 9.75. The summed E-state index contributed by atoms with van der Waals surface area (Å²) in [5.41, 5.74) is 3.60. The highest BCUT2D eigenvalue weighted by molar-refractivity contribution is 5.78. The van der Waals surface area contributed by atoms with Crippen molar-refractivity contribution in [3.05, 3.63) is 23.5 Å². The zero-order valence-corrected chi connectivity index (χ0v) is 13.5. The highest BCUT2D eigenvalue weighted by atomic mass is 15.3. The lowest BCUT2D eigenvalue weighted by molar-refractivity contribution is 0.0598. The molecule has 0 amide bonds. The molecule has 1 fully saturated rings. The summed E-state index contributed by atoms with van der Waals surface area (Å²) in [4.78, 5) is 6.91. The van der Waals surface area contributed by atoms with E-state index >= 15 is 0 Å². The molecule has 0 saturated heterocycles. The maximum atomic E-state index is 4.54. The Kier molecular flexibility index (Phi) is 3.71. The molecule has 1 saturated carbocycles. The third kappa shape index (κ3) is 2.56. The lowest BCUT2D eigenvalue weighted by Crippen LogP contribution is -2.56. The average Bonchev–Trinajstić information content (AvgIpc) is 2.67. The largest absolute Gasteiger partial charge is 0.311 e. The summed E-state index contributed by atoms with van der Waals surface area (Å²) in [6.45, 7) is 3.95. The first-order valence-electron chi connectivity index (χ1n) is 7.68. The van der Waals surface area contributed by atoms with Gasteiger partial charge in [-0.25, -0.2) is 4.98 Å². The molecule has 0 aliphatic heterocycles. The van der Waals surface area contributed by atoms with E-state index in [1.54, 1.807) is 0 Å². The maximum absolute atomic E-state index is 4.54. The van der Waals surface area contributed by atoms with Crippen molar-refractivity contribution in [1.29, 1.82) is 0 Å². The molecule has 5 nitrogen and oxygen atoms in total. The first-order chi connectivity index (χ1) is 10.0. The summed E-state index contributed by atoms with van der Waals surface area (Å²) in [5.74, 6) is 0. The Morgan fingerprint density at radius 3 is 2.76 bits per heavy atom. The number of hydrogen-bond donors (Lipinski definition) is 1. The molecule has 3 rings (SSSR count). The smallest absolute Gasteiger partial charge is 0.157 e. The van der Waals surface area contributed by atoms with Gasteiger partial charge < -0.3 is 10.2 Å². The topological polar surface area (TPSA) is 46.0 Å². The van der Waals surface area contributed by atoms with E-state index in [4.69, 9.17) is 0 Å². The van der Waals surface area contributed by atoms with Crippen molar-refractivity contribution in [1.82, 2.24) is 25.0 Å². The highest BCUT2D eigenvalue weighted by Crippen LogP contribution is 2.35. The molecule has 5 heteroatoms. The Hall–Kier alpha value is -1.46. The van der Waals surface area contributed by atoms with Crippen LogP contribution in [0, 0.1) is 6.92 Å². The third-order valence-corrected chi connectivity index (χ3v) is 4.94. The van der Waals surface area contributed by atoms with Crippen molar-refractivity contribution in [2.24, 2.45) is 7.05 Å². The number of aryl methyl sites for hydroxylation is 2. The van der Waals surface area contributed by atoms with Crippen molar-refractivity contribution in [2.75, 3.05) is 20.6 Å². The van der Waals surface area contributed by atoms with E-state index in [0.717, 1.165) is 29.8 Å². The molecule has 0 unspecified atom stereocenters. The van der Waals surface area contributed by atoms with Gasteiger partial charge in [-0.2, -0.15) is 5.10 Å². The van der Waals surface area contributed by atoms with Crippen LogP contribution >= 0.6 is 0 Å². The van der Waals surface area contributed by atoms with Gasteiger partial charge in [0.1, 0.15) is 0 Å². The Morgan fingerprint density at radius 2 is 2.14 bits per heavy atom. The van der Waals surface area contributed by atoms with Crippen LogP contribution in [0.4, 0.5) is 0 Å². The molecular formula is C16H25N5. The zero-order chi connectivity index (χ0) is 15.0. The molecule has 0 aromatic carbocycles. The van der Waals surface area contributed by atoms with Crippen LogP contribution in [0.5, 0.6) is 0 Å². The molecule has 1 aliphatic rings. The Labute approximate surface area is 126 Å². The van der Waals surface area contributed by atoms with Gasteiger partial charge in [-0.3, -0.25) is 4.68 Å². The molecule has 2 heterocycles. The lowest BCUT2D eigenvalue weighted by Gasteiger charge is -2.47. The fourth-order valence-corrected chi connectivity index (χ4v) is 3.25. The minimum absolute atomic E-state index is 0.363. The van der Waals surface area contributed by atoms with Crippen LogP contribution in [0.1, 0.15) is 30.5 Å². The molecule has 1 aliphatic carbocycles. The maximum Gasteiger partial charge on any atom is 0.157 e. The fourth-order valence-electron chi connectivity index (χ4n) is 3.25. The monoisotopic (exact) mass is 287 g/mol. The van der Waals surface area contributed by atoms with Gasteiger partial charge in [-0.15, -0.1) is 0 Å². The quantitative estimate of drug-likeness (QED) is 0.911. The van der Waals surface area contributed by atoms with E-state index in [2.05, 4.69) is 40.5 Å². The van der Waals surface area contributed by atoms with Gasteiger partial charge in [0.25, 0.3) is 0 Å². The molecule has 114 valence electrons. The number of likely N-dealkylation sites (N-methyl/N-ethyl adjacent to an activating group) is 1. The van der Waals surface area contributed by atoms with Gasteiger partial charge in [-0.1, -0.05) is 0 Å². The number of pyridine rings is 1. The standard InChI is InChI=1S/C16H25N5/c1-12-14-8-13(10-18-15(14)21(4)19-12)9-17-11-16(20(2)3)6-5-7-16/h8,10,17H,5-7,9,11H2,1-4H3. The molecule has 0 radical (unpaired) electrons. The van der Waals surface area contributed by atoms with Crippen molar-refractivity contribution in [3.8, 4) is 0 Å². The van der Waals surface area contributed by atoms with Gasteiger partial charge in [0.15, 0.2) is 5.65 Å². The first kappa shape index (κ1) is 14.5. The molecule has 2 aromatic heterocycles. The first-order valence-corrected chi connectivity index (χ1v) is 7.68. The molecule has 0 spiro atoms. The van der Waals surface area contributed by atoms with Gasteiger partial charge in [0.05, 0.1) is 5.69 Å². The minimum Gasteiger partial charge on any atom is -0.311 e. The normalized spacial score (nSPS) is 17.4. The van der Waals surface area contributed by atoms with E-state index < -0.39 is 0 Å². The van der Waals surface area contributed by atoms with Crippen molar-refractivity contribution in [3.63, 3.8) is 0 Å². The number of nitrogens with zero attached hydrogens (tertiary/aromatic N) is 4. The Morgan fingerprint density at radius 1 is 1.38 bits per heavy atom.